The highest BCUT2D eigenvalue weighted by Crippen LogP contribution is 2.42. The van der Waals surface area contributed by atoms with Gasteiger partial charge in [0.05, 0.1) is 19.8 Å². The van der Waals surface area contributed by atoms with Crippen molar-refractivity contribution in [3.8, 4) is 11.5 Å². The number of carbonyl (C=O) groups excluding carboxylic acids is 2. The molecule has 0 aromatic heterocycles. The van der Waals surface area contributed by atoms with E-state index < -0.39 is 0 Å². The molecule has 0 bridgehead atoms. The van der Waals surface area contributed by atoms with Crippen LogP contribution in [0.25, 0.3) is 0 Å². The molecule has 0 unspecified atom stereocenters. The summed E-state index contributed by atoms with van der Waals surface area (Å²) in [5.74, 6) is 1.23. The van der Waals surface area contributed by atoms with Gasteiger partial charge in [-0.3, -0.25) is 9.59 Å². The SMILES string of the molecule is C=CCN1C(=O)CCC12CCC(NC(=O)c1ccc(OC)cc1OC)CC2. The standard InChI is InChI=1S/C21H28N2O4/c1-4-13-23-19(24)9-12-21(23)10-7-15(8-11-21)22-20(25)17-6-5-16(26-2)14-18(17)27-3/h4-6,14-15H,1,7-13H2,2-3H3,(H,22,25). The summed E-state index contributed by atoms with van der Waals surface area (Å²) in [5.41, 5.74) is 0.451. The highest BCUT2D eigenvalue weighted by molar-refractivity contribution is 5.97. The molecule has 0 radical (unpaired) electrons. The van der Waals surface area contributed by atoms with Gasteiger partial charge < -0.3 is 19.7 Å². The third-order valence-electron chi connectivity index (χ3n) is 5.89. The fourth-order valence-corrected chi connectivity index (χ4v) is 4.37. The van der Waals surface area contributed by atoms with Crippen molar-refractivity contribution in [2.45, 2.75) is 50.1 Å². The lowest BCUT2D eigenvalue weighted by atomic mass is 9.77. The molecule has 1 saturated carbocycles. The van der Waals surface area contributed by atoms with Crippen LogP contribution in [0.1, 0.15) is 48.9 Å². The first-order valence-corrected chi connectivity index (χ1v) is 9.47. The first-order valence-electron chi connectivity index (χ1n) is 9.47. The van der Waals surface area contributed by atoms with E-state index in [4.69, 9.17) is 9.47 Å². The largest absolute Gasteiger partial charge is 0.497 e. The lowest BCUT2D eigenvalue weighted by Crippen LogP contribution is -2.51. The lowest BCUT2D eigenvalue weighted by Gasteiger charge is -2.43. The normalized spacial score (nSPS) is 24.7. The minimum absolute atomic E-state index is 0.0513. The Morgan fingerprint density at radius 1 is 1.30 bits per heavy atom. The van der Waals surface area contributed by atoms with Crippen LogP contribution in [-0.2, 0) is 4.79 Å². The number of nitrogens with zero attached hydrogens (tertiary/aromatic N) is 1. The molecule has 3 rings (SSSR count). The Balaban J connectivity index is 1.63. The van der Waals surface area contributed by atoms with Crippen LogP contribution in [0.5, 0.6) is 11.5 Å². The third-order valence-corrected chi connectivity index (χ3v) is 5.89. The maximum absolute atomic E-state index is 12.7. The first kappa shape index (κ1) is 19.3. The van der Waals surface area contributed by atoms with E-state index in [-0.39, 0.29) is 23.4 Å². The van der Waals surface area contributed by atoms with Gasteiger partial charge in [-0.05, 0) is 44.2 Å². The Morgan fingerprint density at radius 3 is 2.67 bits per heavy atom. The highest BCUT2D eigenvalue weighted by Gasteiger charge is 2.46. The zero-order valence-corrected chi connectivity index (χ0v) is 16.1. The number of methoxy groups -OCH3 is 2. The molecule has 6 heteroatoms. The van der Waals surface area contributed by atoms with E-state index in [9.17, 15) is 9.59 Å². The Hall–Kier alpha value is -2.50. The molecule has 2 amide bonds. The van der Waals surface area contributed by atoms with Gasteiger partial charge in [-0.2, -0.15) is 0 Å². The maximum atomic E-state index is 12.7. The van der Waals surface area contributed by atoms with Crippen LogP contribution in [-0.4, -0.2) is 49.1 Å². The first-order chi connectivity index (χ1) is 13.0. The molecule has 6 nitrogen and oxygen atoms in total. The summed E-state index contributed by atoms with van der Waals surface area (Å²) in [6, 6.07) is 5.29. The summed E-state index contributed by atoms with van der Waals surface area (Å²) < 4.78 is 10.5. The molecule has 1 aliphatic heterocycles. The molecular weight excluding hydrogens is 344 g/mol. The Labute approximate surface area is 160 Å². The number of hydrogen-bond donors (Lipinski definition) is 1. The van der Waals surface area contributed by atoms with Crippen LogP contribution in [0.15, 0.2) is 30.9 Å². The fourth-order valence-electron chi connectivity index (χ4n) is 4.37. The maximum Gasteiger partial charge on any atom is 0.255 e. The minimum atomic E-state index is -0.138. The molecule has 1 N–H and O–H groups in total. The zero-order valence-electron chi connectivity index (χ0n) is 16.1. The second-order valence-electron chi connectivity index (χ2n) is 7.33. The van der Waals surface area contributed by atoms with E-state index in [1.165, 1.54) is 0 Å². The summed E-state index contributed by atoms with van der Waals surface area (Å²) >= 11 is 0. The van der Waals surface area contributed by atoms with Crippen molar-refractivity contribution in [3.63, 3.8) is 0 Å². The molecule has 1 aliphatic carbocycles. The number of hydrogen-bond acceptors (Lipinski definition) is 4. The molecule has 2 aliphatic rings. The van der Waals surface area contributed by atoms with E-state index in [0.717, 1.165) is 32.1 Å². The van der Waals surface area contributed by atoms with Crippen molar-refractivity contribution in [2.24, 2.45) is 0 Å². The summed E-state index contributed by atoms with van der Waals surface area (Å²) in [5, 5.41) is 3.13. The molecule has 1 aromatic carbocycles. The van der Waals surface area contributed by atoms with Gasteiger partial charge in [0.25, 0.3) is 5.91 Å². The van der Waals surface area contributed by atoms with Crippen molar-refractivity contribution in [1.82, 2.24) is 10.2 Å². The molecular formula is C21H28N2O4. The summed E-state index contributed by atoms with van der Waals surface area (Å²) in [7, 11) is 3.12. The Morgan fingerprint density at radius 2 is 2.04 bits per heavy atom. The van der Waals surface area contributed by atoms with Crippen LogP contribution in [0.2, 0.25) is 0 Å². The van der Waals surface area contributed by atoms with Crippen molar-refractivity contribution in [2.75, 3.05) is 20.8 Å². The Kier molecular flexibility index (Phi) is 5.73. The minimum Gasteiger partial charge on any atom is -0.497 e. The van der Waals surface area contributed by atoms with E-state index >= 15 is 0 Å². The zero-order chi connectivity index (χ0) is 19.4. The quantitative estimate of drug-likeness (QED) is 0.780. The van der Waals surface area contributed by atoms with E-state index in [0.29, 0.717) is 30.0 Å². The average Bonchev–Trinajstić information content (AvgIpc) is 2.99. The van der Waals surface area contributed by atoms with Crippen molar-refractivity contribution in [1.29, 1.82) is 0 Å². The number of carbonyl (C=O) groups is 2. The van der Waals surface area contributed by atoms with Crippen LogP contribution in [0, 0.1) is 0 Å². The molecule has 1 saturated heterocycles. The smallest absolute Gasteiger partial charge is 0.255 e. The highest BCUT2D eigenvalue weighted by atomic mass is 16.5. The van der Waals surface area contributed by atoms with E-state index in [1.54, 1.807) is 38.5 Å². The van der Waals surface area contributed by atoms with Gasteiger partial charge in [-0.1, -0.05) is 6.08 Å². The van der Waals surface area contributed by atoms with E-state index in [1.807, 2.05) is 4.90 Å². The number of rotatable bonds is 6. The second-order valence-corrected chi connectivity index (χ2v) is 7.33. The molecule has 1 spiro atoms. The topological polar surface area (TPSA) is 67.9 Å². The van der Waals surface area contributed by atoms with Gasteiger partial charge >= 0.3 is 0 Å². The third kappa shape index (κ3) is 3.80. The predicted octanol–water partition coefficient (Wildman–Crippen LogP) is 2.92. The molecule has 146 valence electrons. The Bertz CT molecular complexity index is 723. The van der Waals surface area contributed by atoms with Gasteiger partial charge in [0.2, 0.25) is 5.91 Å². The number of nitrogens with one attached hydrogen (secondary N) is 1. The predicted molar refractivity (Wildman–Crippen MR) is 103 cm³/mol. The average molecular weight is 372 g/mol. The van der Waals surface area contributed by atoms with Crippen LogP contribution in [0.4, 0.5) is 0 Å². The molecule has 0 atom stereocenters. The van der Waals surface area contributed by atoms with Crippen molar-refractivity contribution < 1.29 is 19.1 Å². The van der Waals surface area contributed by atoms with Gasteiger partial charge in [0.15, 0.2) is 0 Å². The summed E-state index contributed by atoms with van der Waals surface area (Å²) in [6.07, 6.45) is 6.89. The number of ether oxygens (including phenoxy) is 2. The molecule has 1 heterocycles. The number of benzene rings is 1. The molecule has 27 heavy (non-hydrogen) atoms. The van der Waals surface area contributed by atoms with Crippen molar-refractivity contribution in [3.05, 3.63) is 36.4 Å². The van der Waals surface area contributed by atoms with Crippen molar-refractivity contribution >= 4 is 11.8 Å². The fraction of sp³-hybridized carbons (Fsp3) is 0.524. The second kappa shape index (κ2) is 8.03. The monoisotopic (exact) mass is 372 g/mol. The molecule has 1 aromatic rings. The number of likely N-dealkylation sites (tertiary alicyclic amines) is 1. The molecule has 2 fully saturated rings. The van der Waals surface area contributed by atoms with Crippen LogP contribution < -0.4 is 14.8 Å². The van der Waals surface area contributed by atoms with Gasteiger partial charge in [-0.15, -0.1) is 6.58 Å². The van der Waals surface area contributed by atoms with Crippen LogP contribution in [0.3, 0.4) is 0 Å². The van der Waals surface area contributed by atoms with E-state index in [2.05, 4.69) is 11.9 Å². The van der Waals surface area contributed by atoms with Gasteiger partial charge in [0.1, 0.15) is 11.5 Å². The van der Waals surface area contributed by atoms with Crippen LogP contribution >= 0.6 is 0 Å². The lowest BCUT2D eigenvalue weighted by molar-refractivity contribution is -0.131. The van der Waals surface area contributed by atoms with Gasteiger partial charge in [0, 0.05) is 30.6 Å². The summed E-state index contributed by atoms with van der Waals surface area (Å²) in [6.45, 7) is 4.39. The summed E-state index contributed by atoms with van der Waals surface area (Å²) in [4.78, 5) is 26.9. The van der Waals surface area contributed by atoms with Gasteiger partial charge in [-0.25, -0.2) is 0 Å². The number of amides is 2.